The van der Waals surface area contributed by atoms with Gasteiger partial charge < -0.3 is 14.5 Å². The van der Waals surface area contributed by atoms with Crippen LogP contribution in [0.2, 0.25) is 0 Å². The van der Waals surface area contributed by atoms with Crippen LogP contribution in [0.25, 0.3) is 11.4 Å². The molecule has 7 heteroatoms. The van der Waals surface area contributed by atoms with E-state index in [0.29, 0.717) is 31.9 Å². The van der Waals surface area contributed by atoms with E-state index < -0.39 is 6.10 Å². The van der Waals surface area contributed by atoms with Crippen LogP contribution >= 0.6 is 0 Å². The molecule has 1 aromatic carbocycles. The lowest BCUT2D eigenvalue weighted by Gasteiger charge is -2.36. The summed E-state index contributed by atoms with van der Waals surface area (Å²) in [4.78, 5) is 21.0. The Bertz CT molecular complexity index is 926. The number of hydrogen-bond acceptors (Lipinski definition) is 6. The summed E-state index contributed by atoms with van der Waals surface area (Å²) in [5.74, 6) is 1.52. The number of hydrogen-bond donors (Lipinski definition) is 0. The van der Waals surface area contributed by atoms with Crippen LogP contribution in [0.15, 0.2) is 66.9 Å². The molecule has 0 N–H and O–H groups in total. The van der Waals surface area contributed by atoms with E-state index in [2.05, 4.69) is 20.1 Å². The highest BCUT2D eigenvalue weighted by atomic mass is 16.5. The monoisotopic (exact) mass is 389 g/mol. The lowest BCUT2D eigenvalue weighted by Crippen LogP contribution is -2.52. The highest BCUT2D eigenvalue weighted by Gasteiger charge is 2.26. The molecule has 1 aliphatic heterocycles. The largest absolute Gasteiger partial charge is 0.481 e. The van der Waals surface area contributed by atoms with Crippen molar-refractivity contribution in [1.82, 2.24) is 20.1 Å². The topological polar surface area (TPSA) is 71.5 Å². The quantitative estimate of drug-likeness (QED) is 0.668. The number of pyridine rings is 1. The van der Waals surface area contributed by atoms with Crippen LogP contribution in [-0.4, -0.2) is 58.3 Å². The van der Waals surface area contributed by atoms with Gasteiger partial charge in [0.2, 0.25) is 0 Å². The molecular weight excluding hydrogens is 366 g/mol. The molecule has 0 radical (unpaired) electrons. The minimum absolute atomic E-state index is 0.00471. The van der Waals surface area contributed by atoms with Crippen molar-refractivity contribution in [3.8, 4) is 17.1 Å². The van der Waals surface area contributed by atoms with Crippen LogP contribution in [0.1, 0.15) is 6.92 Å². The molecule has 1 fully saturated rings. The number of nitrogens with zero attached hydrogens (tertiary/aromatic N) is 5. The molecule has 0 aliphatic carbocycles. The summed E-state index contributed by atoms with van der Waals surface area (Å²) < 4.78 is 5.76. The molecule has 1 amide bonds. The zero-order chi connectivity index (χ0) is 20.1. The summed E-state index contributed by atoms with van der Waals surface area (Å²) in [6.07, 6.45) is 1.23. The second-order valence-electron chi connectivity index (χ2n) is 6.88. The van der Waals surface area contributed by atoms with Gasteiger partial charge in [-0.25, -0.2) is 0 Å². The van der Waals surface area contributed by atoms with Crippen LogP contribution in [0.5, 0.6) is 5.75 Å². The number of aromatic nitrogens is 3. The highest BCUT2D eigenvalue weighted by Crippen LogP contribution is 2.18. The second-order valence-corrected chi connectivity index (χ2v) is 6.88. The van der Waals surface area contributed by atoms with Gasteiger partial charge in [-0.15, -0.1) is 10.2 Å². The Morgan fingerprint density at radius 3 is 2.31 bits per heavy atom. The van der Waals surface area contributed by atoms with Crippen molar-refractivity contribution >= 4 is 11.7 Å². The Kier molecular flexibility index (Phi) is 5.65. The van der Waals surface area contributed by atoms with Crippen LogP contribution in [0.4, 0.5) is 5.82 Å². The van der Waals surface area contributed by atoms with E-state index in [0.717, 1.165) is 17.2 Å². The summed E-state index contributed by atoms with van der Waals surface area (Å²) >= 11 is 0. The number of para-hydroxylation sites is 1. The Labute approximate surface area is 170 Å². The number of carbonyl (C=O) groups is 1. The Morgan fingerprint density at radius 2 is 1.66 bits per heavy atom. The minimum Gasteiger partial charge on any atom is -0.481 e. The first-order valence-electron chi connectivity index (χ1n) is 9.71. The van der Waals surface area contributed by atoms with E-state index in [-0.39, 0.29) is 5.91 Å². The molecule has 4 rings (SSSR count). The third-order valence-corrected chi connectivity index (χ3v) is 4.90. The fraction of sp³-hybridized carbons (Fsp3) is 0.273. The summed E-state index contributed by atoms with van der Waals surface area (Å²) in [5.41, 5.74) is 1.55. The summed E-state index contributed by atoms with van der Waals surface area (Å²) in [7, 11) is 0. The molecule has 0 unspecified atom stereocenters. The van der Waals surface area contributed by atoms with Crippen LogP contribution < -0.4 is 9.64 Å². The molecule has 29 heavy (non-hydrogen) atoms. The van der Waals surface area contributed by atoms with Crippen LogP contribution in [0.3, 0.4) is 0 Å². The highest BCUT2D eigenvalue weighted by molar-refractivity contribution is 5.81. The van der Waals surface area contributed by atoms with Gasteiger partial charge in [-0.1, -0.05) is 24.3 Å². The van der Waals surface area contributed by atoms with Crippen LogP contribution in [-0.2, 0) is 4.79 Å². The first kappa shape index (κ1) is 18.9. The van der Waals surface area contributed by atoms with Crippen molar-refractivity contribution in [2.45, 2.75) is 13.0 Å². The van der Waals surface area contributed by atoms with E-state index >= 15 is 0 Å². The minimum atomic E-state index is -0.513. The predicted octanol–water partition coefficient (Wildman–Crippen LogP) is 2.65. The molecule has 0 spiro atoms. The Morgan fingerprint density at radius 1 is 0.897 bits per heavy atom. The number of amides is 1. The molecule has 1 saturated heterocycles. The number of ether oxygens (including phenoxy) is 1. The molecule has 0 saturated carbocycles. The van der Waals surface area contributed by atoms with Gasteiger partial charge in [0.25, 0.3) is 5.91 Å². The number of carbonyl (C=O) groups excluding carboxylic acids is 1. The molecular formula is C22H23N5O2. The lowest BCUT2D eigenvalue weighted by atomic mass is 10.2. The van der Waals surface area contributed by atoms with Crippen molar-refractivity contribution in [3.63, 3.8) is 0 Å². The zero-order valence-corrected chi connectivity index (χ0v) is 16.3. The van der Waals surface area contributed by atoms with Gasteiger partial charge in [-0.3, -0.25) is 9.78 Å². The van der Waals surface area contributed by atoms with Gasteiger partial charge in [0.15, 0.2) is 11.9 Å². The fourth-order valence-corrected chi connectivity index (χ4v) is 3.31. The smallest absolute Gasteiger partial charge is 0.263 e. The molecule has 1 atom stereocenters. The standard InChI is InChI=1S/C22H23N5O2/c1-17(29-18-7-3-2-4-8-18)22(28)27-15-13-26(14-16-27)21-11-10-20(24-25-21)19-9-5-6-12-23-19/h2-12,17H,13-16H2,1H3/t17-/m0/s1. The summed E-state index contributed by atoms with van der Waals surface area (Å²) in [6.45, 7) is 4.47. The van der Waals surface area contributed by atoms with E-state index in [9.17, 15) is 4.79 Å². The van der Waals surface area contributed by atoms with Gasteiger partial charge in [0, 0.05) is 32.4 Å². The average Bonchev–Trinajstić information content (AvgIpc) is 2.80. The van der Waals surface area contributed by atoms with Gasteiger partial charge in [-0.05, 0) is 43.3 Å². The first-order chi connectivity index (χ1) is 14.2. The number of rotatable bonds is 5. The number of benzene rings is 1. The second kappa shape index (κ2) is 8.68. The van der Waals surface area contributed by atoms with Crippen molar-refractivity contribution in [2.24, 2.45) is 0 Å². The van der Waals surface area contributed by atoms with Crippen molar-refractivity contribution in [3.05, 3.63) is 66.9 Å². The normalized spacial score (nSPS) is 15.1. The zero-order valence-electron chi connectivity index (χ0n) is 16.3. The number of piperazine rings is 1. The maximum atomic E-state index is 12.7. The van der Waals surface area contributed by atoms with E-state index in [4.69, 9.17) is 4.74 Å². The summed E-state index contributed by atoms with van der Waals surface area (Å²) in [6, 6.07) is 19.0. The SMILES string of the molecule is C[C@H](Oc1ccccc1)C(=O)N1CCN(c2ccc(-c3ccccn3)nn2)CC1. The maximum Gasteiger partial charge on any atom is 0.263 e. The average molecular weight is 389 g/mol. The van der Waals surface area contributed by atoms with E-state index in [1.807, 2.05) is 65.6 Å². The third kappa shape index (κ3) is 4.51. The molecule has 3 heterocycles. The molecule has 3 aromatic rings. The molecule has 7 nitrogen and oxygen atoms in total. The molecule has 1 aliphatic rings. The van der Waals surface area contributed by atoms with Crippen molar-refractivity contribution < 1.29 is 9.53 Å². The predicted molar refractivity (Wildman–Crippen MR) is 111 cm³/mol. The first-order valence-corrected chi connectivity index (χ1v) is 9.71. The fourth-order valence-electron chi connectivity index (χ4n) is 3.31. The van der Waals surface area contributed by atoms with Gasteiger partial charge in [0.1, 0.15) is 11.4 Å². The van der Waals surface area contributed by atoms with E-state index in [1.165, 1.54) is 0 Å². The Balaban J connectivity index is 1.32. The number of anilines is 1. The Hall–Kier alpha value is -3.48. The summed E-state index contributed by atoms with van der Waals surface area (Å²) in [5, 5.41) is 8.65. The van der Waals surface area contributed by atoms with Gasteiger partial charge >= 0.3 is 0 Å². The molecule has 0 bridgehead atoms. The van der Waals surface area contributed by atoms with Gasteiger partial charge in [0.05, 0.1) is 5.69 Å². The molecule has 2 aromatic heterocycles. The third-order valence-electron chi connectivity index (χ3n) is 4.90. The van der Waals surface area contributed by atoms with Crippen molar-refractivity contribution in [1.29, 1.82) is 0 Å². The molecule has 148 valence electrons. The van der Waals surface area contributed by atoms with Crippen molar-refractivity contribution in [2.75, 3.05) is 31.1 Å². The maximum absolute atomic E-state index is 12.7. The van der Waals surface area contributed by atoms with Crippen LogP contribution in [0, 0.1) is 0 Å². The lowest BCUT2D eigenvalue weighted by molar-refractivity contribution is -0.138. The van der Waals surface area contributed by atoms with Gasteiger partial charge in [-0.2, -0.15) is 0 Å². The van der Waals surface area contributed by atoms with E-state index in [1.54, 1.807) is 13.1 Å².